The summed E-state index contributed by atoms with van der Waals surface area (Å²) in [7, 11) is 0. The van der Waals surface area contributed by atoms with Crippen molar-refractivity contribution in [3.63, 3.8) is 0 Å². The number of carbonyl (C=O) groups is 2. The van der Waals surface area contributed by atoms with E-state index in [1.807, 2.05) is 38.1 Å². The quantitative estimate of drug-likeness (QED) is 0.559. The van der Waals surface area contributed by atoms with Gasteiger partial charge in [0.25, 0.3) is 0 Å². The molecule has 0 aromatic heterocycles. The minimum Gasteiger partial charge on any atom is -0.492 e. The van der Waals surface area contributed by atoms with Crippen LogP contribution in [0.25, 0.3) is 0 Å². The third-order valence-electron chi connectivity index (χ3n) is 5.49. The lowest BCUT2D eigenvalue weighted by molar-refractivity contribution is -0.154. The fourth-order valence-corrected chi connectivity index (χ4v) is 4.47. The molecule has 4 unspecified atom stereocenters. The predicted octanol–water partition coefficient (Wildman–Crippen LogP) is 5.15. The van der Waals surface area contributed by atoms with E-state index in [0.29, 0.717) is 35.8 Å². The van der Waals surface area contributed by atoms with Crippen LogP contribution < -0.4 is 10.1 Å². The number of benzene rings is 1. The molecule has 1 aromatic carbocycles. The van der Waals surface area contributed by atoms with Gasteiger partial charge in [-0.25, -0.2) is 0 Å². The Kier molecular flexibility index (Phi) is 9.34. The molecule has 0 aliphatic heterocycles. The first kappa shape index (κ1) is 23.6. The standard InChI is InChI=1S/C23H35NO4S/c1-6-27-20-10-8-7-9-19(20)24-22(25)14-29-17(5)23(26)28-21-13-16(4)11-12-18(21)15(2)3/h7-10,15-18,21H,6,11-14H2,1-5H3,(H,24,25). The SMILES string of the molecule is CCOc1ccccc1NC(=O)CSC(C)C(=O)OC1CC(C)CCC1C(C)C. The number of carbonyl (C=O) groups excluding carboxylic acids is 2. The smallest absolute Gasteiger partial charge is 0.319 e. The van der Waals surface area contributed by atoms with E-state index in [0.717, 1.165) is 12.8 Å². The zero-order valence-corrected chi connectivity index (χ0v) is 19.1. The number of thioether (sulfide) groups is 1. The second-order valence-corrected chi connectivity index (χ2v) is 9.56. The van der Waals surface area contributed by atoms with Crippen LogP contribution in [0.1, 0.15) is 53.9 Å². The van der Waals surface area contributed by atoms with E-state index < -0.39 is 0 Å². The van der Waals surface area contributed by atoms with Gasteiger partial charge in [0, 0.05) is 0 Å². The van der Waals surface area contributed by atoms with Gasteiger partial charge in [-0.2, -0.15) is 0 Å². The summed E-state index contributed by atoms with van der Waals surface area (Å²) < 4.78 is 11.4. The Morgan fingerprint density at radius 1 is 1.21 bits per heavy atom. The van der Waals surface area contributed by atoms with Crippen LogP contribution in [0.2, 0.25) is 0 Å². The average molecular weight is 422 g/mol. The lowest BCUT2D eigenvalue weighted by Crippen LogP contribution is -2.37. The van der Waals surface area contributed by atoms with Crippen LogP contribution in [0.3, 0.4) is 0 Å². The molecular weight excluding hydrogens is 386 g/mol. The molecule has 0 spiro atoms. The maximum atomic E-state index is 12.6. The second-order valence-electron chi connectivity index (χ2n) is 8.23. The van der Waals surface area contributed by atoms with Gasteiger partial charge < -0.3 is 14.8 Å². The summed E-state index contributed by atoms with van der Waals surface area (Å²) in [6.07, 6.45) is 3.23. The topological polar surface area (TPSA) is 64.6 Å². The Morgan fingerprint density at radius 2 is 1.93 bits per heavy atom. The Labute approximate surface area is 179 Å². The first-order chi connectivity index (χ1) is 13.8. The number of hydrogen-bond acceptors (Lipinski definition) is 5. The van der Waals surface area contributed by atoms with E-state index >= 15 is 0 Å². The summed E-state index contributed by atoms with van der Waals surface area (Å²) in [5.74, 6) is 1.96. The van der Waals surface area contributed by atoms with Gasteiger partial charge in [-0.1, -0.05) is 39.3 Å². The van der Waals surface area contributed by atoms with Crippen molar-refractivity contribution in [2.24, 2.45) is 17.8 Å². The van der Waals surface area contributed by atoms with Crippen molar-refractivity contribution in [3.8, 4) is 5.75 Å². The molecule has 1 aliphatic carbocycles. The lowest BCUT2D eigenvalue weighted by atomic mass is 9.75. The summed E-state index contributed by atoms with van der Waals surface area (Å²) in [6.45, 7) is 10.9. The van der Waals surface area contributed by atoms with Crippen LogP contribution in [0.15, 0.2) is 24.3 Å². The highest BCUT2D eigenvalue weighted by atomic mass is 32.2. The number of amides is 1. The number of ether oxygens (including phenoxy) is 2. The summed E-state index contributed by atoms with van der Waals surface area (Å²) >= 11 is 1.30. The number of anilines is 1. The monoisotopic (exact) mass is 421 g/mol. The third kappa shape index (κ3) is 7.25. The first-order valence-electron chi connectivity index (χ1n) is 10.7. The predicted molar refractivity (Wildman–Crippen MR) is 119 cm³/mol. The number of esters is 1. The van der Waals surface area contributed by atoms with Gasteiger partial charge in [-0.15, -0.1) is 11.8 Å². The fourth-order valence-electron chi connectivity index (χ4n) is 3.80. The van der Waals surface area contributed by atoms with Crippen LogP contribution in [0.5, 0.6) is 5.75 Å². The zero-order valence-electron chi connectivity index (χ0n) is 18.3. The largest absolute Gasteiger partial charge is 0.492 e. The molecule has 1 N–H and O–H groups in total. The van der Waals surface area contributed by atoms with Crippen LogP contribution in [-0.2, 0) is 14.3 Å². The molecule has 6 heteroatoms. The zero-order chi connectivity index (χ0) is 21.4. The minimum absolute atomic E-state index is 0.0128. The molecule has 29 heavy (non-hydrogen) atoms. The van der Waals surface area contributed by atoms with Crippen molar-refractivity contribution in [1.29, 1.82) is 0 Å². The van der Waals surface area contributed by atoms with Crippen LogP contribution in [0.4, 0.5) is 5.69 Å². The molecule has 1 aromatic rings. The van der Waals surface area contributed by atoms with Gasteiger partial charge in [0.05, 0.1) is 18.0 Å². The molecule has 0 radical (unpaired) electrons. The number of nitrogens with one attached hydrogen (secondary N) is 1. The molecule has 0 heterocycles. The van der Waals surface area contributed by atoms with E-state index in [4.69, 9.17) is 9.47 Å². The molecule has 1 fully saturated rings. The molecule has 5 nitrogen and oxygen atoms in total. The summed E-state index contributed by atoms with van der Waals surface area (Å²) in [4.78, 5) is 24.9. The van der Waals surface area contributed by atoms with Crippen LogP contribution >= 0.6 is 11.8 Å². The Hall–Kier alpha value is -1.69. The normalized spacial score (nSPS) is 22.8. The lowest BCUT2D eigenvalue weighted by Gasteiger charge is -2.37. The van der Waals surface area contributed by atoms with Gasteiger partial charge in [0.1, 0.15) is 17.1 Å². The van der Waals surface area contributed by atoms with E-state index in [1.54, 1.807) is 0 Å². The van der Waals surface area contributed by atoms with Gasteiger partial charge in [0.15, 0.2) is 0 Å². The fraction of sp³-hybridized carbons (Fsp3) is 0.652. The summed E-state index contributed by atoms with van der Waals surface area (Å²) in [5.41, 5.74) is 0.645. The van der Waals surface area contributed by atoms with Crippen LogP contribution in [0, 0.1) is 17.8 Å². The highest BCUT2D eigenvalue weighted by molar-refractivity contribution is 8.01. The van der Waals surface area contributed by atoms with Gasteiger partial charge in [-0.3, -0.25) is 9.59 Å². The summed E-state index contributed by atoms with van der Waals surface area (Å²) in [5, 5.41) is 2.48. The molecule has 2 rings (SSSR count). The molecule has 1 saturated carbocycles. The Bertz CT molecular complexity index is 679. The molecule has 4 atom stereocenters. The molecule has 1 aliphatic rings. The van der Waals surface area contributed by atoms with Crippen molar-refractivity contribution in [1.82, 2.24) is 0 Å². The van der Waals surface area contributed by atoms with Crippen molar-refractivity contribution < 1.29 is 19.1 Å². The average Bonchev–Trinajstić information content (AvgIpc) is 2.67. The maximum Gasteiger partial charge on any atom is 0.319 e. The van der Waals surface area contributed by atoms with Crippen molar-refractivity contribution in [2.75, 3.05) is 17.7 Å². The summed E-state index contributed by atoms with van der Waals surface area (Å²) in [6, 6.07) is 7.34. The van der Waals surface area contributed by atoms with E-state index in [-0.39, 0.29) is 29.0 Å². The highest BCUT2D eigenvalue weighted by Gasteiger charge is 2.34. The highest BCUT2D eigenvalue weighted by Crippen LogP contribution is 2.36. The third-order valence-corrected chi connectivity index (χ3v) is 6.61. The van der Waals surface area contributed by atoms with Crippen molar-refractivity contribution in [3.05, 3.63) is 24.3 Å². The molecule has 0 saturated heterocycles. The maximum absolute atomic E-state index is 12.6. The van der Waals surface area contributed by atoms with E-state index in [9.17, 15) is 9.59 Å². The molecule has 162 valence electrons. The molecule has 1 amide bonds. The Balaban J connectivity index is 1.84. The first-order valence-corrected chi connectivity index (χ1v) is 11.7. The van der Waals surface area contributed by atoms with E-state index in [1.165, 1.54) is 18.2 Å². The van der Waals surface area contributed by atoms with Crippen LogP contribution in [-0.4, -0.2) is 35.6 Å². The van der Waals surface area contributed by atoms with Gasteiger partial charge in [-0.05, 0) is 56.6 Å². The minimum atomic E-state index is -0.382. The van der Waals surface area contributed by atoms with Crippen molar-refractivity contribution >= 4 is 29.3 Å². The molecular formula is C23H35NO4S. The number of rotatable bonds is 9. The number of para-hydroxylation sites is 2. The number of hydrogen-bond donors (Lipinski definition) is 1. The second kappa shape index (κ2) is 11.5. The van der Waals surface area contributed by atoms with Crippen molar-refractivity contribution in [2.45, 2.75) is 65.2 Å². The van der Waals surface area contributed by atoms with Gasteiger partial charge in [0.2, 0.25) is 5.91 Å². The Morgan fingerprint density at radius 3 is 2.62 bits per heavy atom. The molecule has 0 bridgehead atoms. The van der Waals surface area contributed by atoms with Gasteiger partial charge >= 0.3 is 5.97 Å². The van der Waals surface area contributed by atoms with E-state index in [2.05, 4.69) is 26.1 Å².